The van der Waals surface area contributed by atoms with Crippen LogP contribution in [0.1, 0.15) is 46.5 Å². The van der Waals surface area contributed by atoms with E-state index in [4.69, 9.17) is 14.5 Å². The zero-order valence-electron chi connectivity index (χ0n) is 30.3. The first-order valence-electron chi connectivity index (χ1n) is 17.5. The molecule has 2 aromatic carbocycles. The SMILES string of the molecule is C=CC(=O)NC(C(=O)N1C[C@H](Oc2cc(-c3ccccc3)nc3cc(OC)ccc23)C[C@H]1C(=O)N[C@]1(C(=O)NS(=O)(=O)C2CC2)C[C@H]1C=C)C(C)(C)C. The Bertz CT molecular complexity index is 2080. The fraction of sp³-hybridized carbons (Fsp3) is 0.410. The summed E-state index contributed by atoms with van der Waals surface area (Å²) in [6.45, 7) is 12.6. The molecule has 1 unspecified atom stereocenters. The average Bonchev–Trinajstić information content (AvgIpc) is 4.06. The number of carbonyl (C=O) groups is 4. The van der Waals surface area contributed by atoms with Gasteiger partial charge in [0.25, 0.3) is 5.91 Å². The van der Waals surface area contributed by atoms with Crippen molar-refractivity contribution in [2.75, 3.05) is 13.7 Å². The molecule has 3 aliphatic rings. The maximum absolute atomic E-state index is 14.4. The monoisotopic (exact) mass is 743 g/mol. The number of hydrogen-bond donors (Lipinski definition) is 3. The lowest BCUT2D eigenvalue weighted by molar-refractivity contribution is -0.144. The molecular weight excluding hydrogens is 699 g/mol. The van der Waals surface area contributed by atoms with Crippen molar-refractivity contribution in [1.82, 2.24) is 25.2 Å². The average molecular weight is 744 g/mol. The Morgan fingerprint density at radius 2 is 1.77 bits per heavy atom. The Balaban J connectivity index is 1.34. The lowest BCUT2D eigenvalue weighted by atomic mass is 9.85. The molecule has 2 heterocycles. The van der Waals surface area contributed by atoms with E-state index in [9.17, 15) is 27.6 Å². The Kier molecular flexibility index (Phi) is 10.1. The molecule has 1 aromatic heterocycles. The summed E-state index contributed by atoms with van der Waals surface area (Å²) in [6, 6.07) is 14.6. The smallest absolute Gasteiger partial charge is 0.259 e. The van der Waals surface area contributed by atoms with Crippen molar-refractivity contribution < 1.29 is 37.1 Å². The van der Waals surface area contributed by atoms with Gasteiger partial charge in [-0.1, -0.05) is 63.8 Å². The molecule has 6 rings (SSSR count). The van der Waals surface area contributed by atoms with Crippen LogP contribution in [0.15, 0.2) is 79.9 Å². The van der Waals surface area contributed by atoms with Gasteiger partial charge in [0.15, 0.2) is 0 Å². The molecule has 4 amide bonds. The number of nitrogens with one attached hydrogen (secondary N) is 3. The van der Waals surface area contributed by atoms with Crippen molar-refractivity contribution in [2.24, 2.45) is 11.3 Å². The van der Waals surface area contributed by atoms with Gasteiger partial charge in [0.1, 0.15) is 35.2 Å². The summed E-state index contributed by atoms with van der Waals surface area (Å²) in [6.07, 6.45) is 2.94. The highest BCUT2D eigenvalue weighted by atomic mass is 32.2. The highest BCUT2D eigenvalue weighted by molar-refractivity contribution is 7.91. The molecule has 0 bridgehead atoms. The van der Waals surface area contributed by atoms with E-state index in [0.717, 1.165) is 11.6 Å². The quantitative estimate of drug-likeness (QED) is 0.175. The van der Waals surface area contributed by atoms with Gasteiger partial charge in [-0.15, -0.1) is 6.58 Å². The fourth-order valence-corrected chi connectivity index (χ4v) is 8.11. The summed E-state index contributed by atoms with van der Waals surface area (Å²) in [5.74, 6) is -2.04. The Labute approximate surface area is 309 Å². The third-order valence-electron chi connectivity index (χ3n) is 10.0. The summed E-state index contributed by atoms with van der Waals surface area (Å²) < 4.78 is 39.7. The number of benzene rings is 2. The molecule has 13 nitrogen and oxygen atoms in total. The number of hydrogen-bond acceptors (Lipinski definition) is 9. The number of likely N-dealkylation sites (tertiary alicyclic amines) is 1. The maximum Gasteiger partial charge on any atom is 0.259 e. The van der Waals surface area contributed by atoms with Crippen LogP contribution < -0.4 is 24.8 Å². The van der Waals surface area contributed by atoms with Gasteiger partial charge in [0.05, 0.1) is 30.1 Å². The first kappa shape index (κ1) is 37.5. The van der Waals surface area contributed by atoms with Crippen LogP contribution in [0.25, 0.3) is 22.2 Å². The summed E-state index contributed by atoms with van der Waals surface area (Å²) in [7, 11) is -2.34. The van der Waals surface area contributed by atoms with E-state index >= 15 is 0 Å². The predicted molar refractivity (Wildman–Crippen MR) is 199 cm³/mol. The number of amides is 4. The van der Waals surface area contributed by atoms with Gasteiger partial charge in [-0.05, 0) is 42.9 Å². The molecule has 2 aliphatic carbocycles. The van der Waals surface area contributed by atoms with Crippen LogP contribution in [0.4, 0.5) is 0 Å². The molecule has 3 N–H and O–H groups in total. The molecule has 2 saturated carbocycles. The molecule has 3 aromatic rings. The number of rotatable bonds is 13. The van der Waals surface area contributed by atoms with Crippen LogP contribution in [-0.4, -0.2) is 84.6 Å². The van der Waals surface area contributed by atoms with E-state index in [2.05, 4.69) is 28.5 Å². The standard InChI is InChI=1S/C39H45N5O8S/c1-7-24-21-39(24,37(48)43-53(49,50)27-15-16-27)42-35(46)31-19-26(22-44(31)36(47)34(38(3,4)5)41-33(45)8-2)52-32-20-29(23-12-10-9-11-13-23)40-30-18-25(51-6)14-17-28(30)32/h7-14,17-18,20,24,26-27,31,34H,1-2,15-16,19,21-22H2,3-6H3,(H,41,45)(H,42,46)(H,43,48)/t24-,26-,31+,34?,39-/m1/s1. The third kappa shape index (κ3) is 7.78. The van der Waals surface area contributed by atoms with E-state index in [1.165, 1.54) is 11.0 Å². The van der Waals surface area contributed by atoms with Crippen molar-refractivity contribution in [3.8, 4) is 22.8 Å². The maximum atomic E-state index is 14.4. The molecule has 0 spiro atoms. The topological polar surface area (TPSA) is 173 Å². The number of methoxy groups -OCH3 is 1. The minimum atomic E-state index is -3.90. The summed E-state index contributed by atoms with van der Waals surface area (Å²) >= 11 is 0. The number of ether oxygens (including phenoxy) is 2. The van der Waals surface area contributed by atoms with Crippen LogP contribution >= 0.6 is 0 Å². The largest absolute Gasteiger partial charge is 0.497 e. The molecule has 280 valence electrons. The lowest BCUT2D eigenvalue weighted by Gasteiger charge is -2.35. The molecular formula is C39H45N5O8S. The zero-order chi connectivity index (χ0) is 38.3. The zero-order valence-corrected chi connectivity index (χ0v) is 31.1. The van der Waals surface area contributed by atoms with E-state index in [1.54, 1.807) is 40.0 Å². The van der Waals surface area contributed by atoms with Gasteiger partial charge in [0.2, 0.25) is 27.7 Å². The van der Waals surface area contributed by atoms with Crippen molar-refractivity contribution in [2.45, 2.75) is 75.4 Å². The molecule has 1 saturated heterocycles. The van der Waals surface area contributed by atoms with Gasteiger partial charge < -0.3 is 25.0 Å². The Morgan fingerprint density at radius 3 is 2.38 bits per heavy atom. The Hall–Kier alpha value is -5.24. The van der Waals surface area contributed by atoms with Crippen LogP contribution in [0, 0.1) is 11.3 Å². The van der Waals surface area contributed by atoms with E-state index < -0.39 is 74.0 Å². The second-order valence-electron chi connectivity index (χ2n) is 14.9. The van der Waals surface area contributed by atoms with Gasteiger partial charge in [-0.2, -0.15) is 0 Å². The van der Waals surface area contributed by atoms with Crippen molar-refractivity contribution in [3.63, 3.8) is 0 Å². The number of fused-ring (bicyclic) bond motifs is 1. The normalized spacial score (nSPS) is 23.0. The highest BCUT2D eigenvalue weighted by Crippen LogP contribution is 2.46. The molecule has 0 radical (unpaired) electrons. The van der Waals surface area contributed by atoms with E-state index in [1.807, 2.05) is 42.5 Å². The number of aromatic nitrogens is 1. The third-order valence-corrected chi connectivity index (χ3v) is 11.8. The molecule has 14 heteroatoms. The van der Waals surface area contributed by atoms with Crippen LogP contribution in [0.2, 0.25) is 0 Å². The fourth-order valence-electron chi connectivity index (χ4n) is 6.75. The van der Waals surface area contributed by atoms with Gasteiger partial charge in [-0.3, -0.25) is 23.9 Å². The minimum absolute atomic E-state index is 0.0291. The number of carbonyl (C=O) groups excluding carboxylic acids is 4. The molecule has 5 atom stereocenters. The Morgan fingerprint density at radius 1 is 1.06 bits per heavy atom. The van der Waals surface area contributed by atoms with E-state index in [-0.39, 0.29) is 19.4 Å². The summed E-state index contributed by atoms with van der Waals surface area (Å²) in [5, 5.41) is 5.56. The van der Waals surface area contributed by atoms with Crippen molar-refractivity contribution >= 4 is 44.6 Å². The summed E-state index contributed by atoms with van der Waals surface area (Å²) in [4.78, 5) is 61.0. The van der Waals surface area contributed by atoms with Gasteiger partial charge in [-0.25, -0.2) is 13.4 Å². The second kappa shape index (κ2) is 14.3. The number of nitrogens with zero attached hydrogens (tertiary/aromatic N) is 2. The minimum Gasteiger partial charge on any atom is -0.497 e. The molecule has 53 heavy (non-hydrogen) atoms. The highest BCUT2D eigenvalue weighted by Gasteiger charge is 2.62. The second-order valence-corrected chi connectivity index (χ2v) is 16.9. The van der Waals surface area contributed by atoms with Gasteiger partial charge in [0, 0.05) is 35.4 Å². The number of pyridine rings is 1. The molecule has 1 aliphatic heterocycles. The predicted octanol–water partition coefficient (Wildman–Crippen LogP) is 3.64. The lowest BCUT2D eigenvalue weighted by Crippen LogP contribution is -2.60. The van der Waals surface area contributed by atoms with Crippen molar-refractivity contribution in [3.05, 3.63) is 79.9 Å². The van der Waals surface area contributed by atoms with Gasteiger partial charge >= 0.3 is 0 Å². The van der Waals surface area contributed by atoms with Crippen LogP contribution in [-0.2, 0) is 29.2 Å². The first-order chi connectivity index (χ1) is 25.1. The van der Waals surface area contributed by atoms with E-state index in [0.29, 0.717) is 40.9 Å². The van der Waals surface area contributed by atoms with Crippen LogP contribution in [0.3, 0.4) is 0 Å². The summed E-state index contributed by atoms with van der Waals surface area (Å²) in [5.41, 5.74) is -0.232. The van der Waals surface area contributed by atoms with Crippen LogP contribution in [0.5, 0.6) is 11.5 Å². The molecule has 3 fully saturated rings. The van der Waals surface area contributed by atoms with Crippen molar-refractivity contribution in [1.29, 1.82) is 0 Å². The first-order valence-corrected chi connectivity index (χ1v) is 19.1. The number of sulfonamides is 1.